The third kappa shape index (κ3) is 6.51. The van der Waals surface area contributed by atoms with Gasteiger partial charge in [-0.25, -0.2) is 13.2 Å². The summed E-state index contributed by atoms with van der Waals surface area (Å²) in [6.45, 7) is 4.49. The molecular formula is C33H31F3O. The highest BCUT2D eigenvalue weighted by Crippen LogP contribution is 2.29. The number of ether oxygens (including phenoxy) is 1. The van der Waals surface area contributed by atoms with Gasteiger partial charge >= 0.3 is 0 Å². The quantitative estimate of drug-likeness (QED) is 0.156. The summed E-state index contributed by atoms with van der Waals surface area (Å²) in [5, 5.41) is 0. The Labute approximate surface area is 217 Å². The second-order valence-electron chi connectivity index (χ2n) is 9.01. The minimum atomic E-state index is -0.881. The number of halogens is 3. The minimum absolute atomic E-state index is 0.166. The van der Waals surface area contributed by atoms with Gasteiger partial charge in [-0.2, -0.15) is 0 Å². The maximum absolute atomic E-state index is 14.9. The zero-order valence-electron chi connectivity index (χ0n) is 21.2. The van der Waals surface area contributed by atoms with Crippen LogP contribution >= 0.6 is 0 Å². The Morgan fingerprint density at radius 1 is 0.676 bits per heavy atom. The lowest BCUT2D eigenvalue weighted by Crippen LogP contribution is -1.94. The van der Waals surface area contributed by atoms with E-state index in [4.69, 9.17) is 4.74 Å². The number of rotatable bonds is 10. The highest BCUT2D eigenvalue weighted by molar-refractivity contribution is 5.74. The third-order valence-electron chi connectivity index (χ3n) is 6.37. The lowest BCUT2D eigenvalue weighted by atomic mass is 9.99. The van der Waals surface area contributed by atoms with Crippen molar-refractivity contribution in [3.63, 3.8) is 0 Å². The first-order chi connectivity index (χ1) is 18.0. The van der Waals surface area contributed by atoms with Gasteiger partial charge in [0.05, 0.1) is 6.61 Å². The molecule has 0 aliphatic rings. The SMILES string of the molecule is CCCCCc1ccc(-c2ccc(/C=C/c3ccc(-c4ccc(OCC)cc4F)cc3)c(F)c2F)cc1. The van der Waals surface area contributed by atoms with Crippen molar-refractivity contribution in [3.8, 4) is 28.0 Å². The first-order valence-corrected chi connectivity index (χ1v) is 12.8. The van der Waals surface area contributed by atoms with Gasteiger partial charge in [0.15, 0.2) is 11.6 Å². The molecule has 0 aliphatic heterocycles. The summed E-state index contributed by atoms with van der Waals surface area (Å²) < 4.78 is 49.6. The van der Waals surface area contributed by atoms with Gasteiger partial charge in [0, 0.05) is 22.8 Å². The molecule has 4 heteroatoms. The zero-order valence-corrected chi connectivity index (χ0v) is 21.2. The van der Waals surface area contributed by atoms with Crippen molar-refractivity contribution < 1.29 is 17.9 Å². The van der Waals surface area contributed by atoms with E-state index in [0.29, 0.717) is 23.5 Å². The normalized spacial score (nSPS) is 11.3. The van der Waals surface area contributed by atoms with Crippen LogP contribution in [0.4, 0.5) is 13.2 Å². The van der Waals surface area contributed by atoms with Crippen molar-refractivity contribution in [2.24, 2.45) is 0 Å². The Morgan fingerprint density at radius 3 is 2.03 bits per heavy atom. The molecule has 4 aromatic rings. The van der Waals surface area contributed by atoms with Crippen molar-refractivity contribution in [3.05, 3.63) is 113 Å². The van der Waals surface area contributed by atoms with Gasteiger partial charge < -0.3 is 4.74 Å². The van der Waals surface area contributed by atoms with E-state index in [0.717, 1.165) is 24.0 Å². The number of unbranched alkanes of at least 4 members (excludes halogenated alkanes) is 2. The fraction of sp³-hybridized carbons (Fsp3) is 0.212. The van der Waals surface area contributed by atoms with Gasteiger partial charge in [-0.3, -0.25) is 0 Å². The van der Waals surface area contributed by atoms with Crippen molar-refractivity contribution >= 4 is 12.2 Å². The van der Waals surface area contributed by atoms with Crippen LogP contribution in [-0.4, -0.2) is 6.61 Å². The predicted molar refractivity (Wildman–Crippen MR) is 147 cm³/mol. The van der Waals surface area contributed by atoms with Crippen LogP contribution in [-0.2, 0) is 6.42 Å². The van der Waals surface area contributed by atoms with Crippen LogP contribution in [0.1, 0.15) is 49.8 Å². The fourth-order valence-electron chi connectivity index (χ4n) is 4.29. The van der Waals surface area contributed by atoms with Crippen LogP contribution in [0.15, 0.2) is 78.9 Å². The monoisotopic (exact) mass is 500 g/mol. The summed E-state index contributed by atoms with van der Waals surface area (Å²) in [5.41, 5.74) is 4.25. The topological polar surface area (TPSA) is 9.23 Å². The van der Waals surface area contributed by atoms with Crippen LogP contribution < -0.4 is 4.74 Å². The molecule has 37 heavy (non-hydrogen) atoms. The maximum Gasteiger partial charge on any atom is 0.167 e. The second kappa shape index (κ2) is 12.4. The molecule has 0 bridgehead atoms. The van der Waals surface area contributed by atoms with E-state index < -0.39 is 11.6 Å². The lowest BCUT2D eigenvalue weighted by molar-refractivity contribution is 0.338. The maximum atomic E-state index is 14.9. The highest BCUT2D eigenvalue weighted by atomic mass is 19.2. The smallest absolute Gasteiger partial charge is 0.167 e. The number of benzene rings is 4. The molecule has 0 unspecified atom stereocenters. The van der Waals surface area contributed by atoms with Crippen LogP contribution in [0.5, 0.6) is 5.75 Å². The molecule has 0 radical (unpaired) electrons. The second-order valence-corrected chi connectivity index (χ2v) is 9.01. The van der Waals surface area contributed by atoms with Crippen molar-refractivity contribution in [1.82, 2.24) is 0 Å². The average molecular weight is 501 g/mol. The van der Waals surface area contributed by atoms with E-state index in [2.05, 4.69) is 6.92 Å². The van der Waals surface area contributed by atoms with E-state index in [9.17, 15) is 13.2 Å². The predicted octanol–water partition coefficient (Wildman–Crippen LogP) is 9.74. The molecule has 4 rings (SSSR count). The molecule has 1 nitrogen and oxygen atoms in total. The van der Waals surface area contributed by atoms with Gasteiger partial charge in [0.1, 0.15) is 11.6 Å². The average Bonchev–Trinajstić information content (AvgIpc) is 2.91. The van der Waals surface area contributed by atoms with Gasteiger partial charge in [-0.1, -0.05) is 92.6 Å². The van der Waals surface area contributed by atoms with E-state index in [-0.39, 0.29) is 16.9 Å². The zero-order chi connectivity index (χ0) is 26.2. The fourth-order valence-corrected chi connectivity index (χ4v) is 4.29. The Bertz CT molecular complexity index is 1360. The molecule has 0 aromatic heterocycles. The summed E-state index contributed by atoms with van der Waals surface area (Å²) >= 11 is 0. The van der Waals surface area contributed by atoms with Gasteiger partial charge in [0.25, 0.3) is 0 Å². The highest BCUT2D eigenvalue weighted by Gasteiger charge is 2.14. The van der Waals surface area contributed by atoms with Crippen LogP contribution in [0.25, 0.3) is 34.4 Å². The Balaban J connectivity index is 1.47. The molecule has 0 saturated carbocycles. The molecule has 190 valence electrons. The molecule has 0 aliphatic carbocycles. The van der Waals surface area contributed by atoms with Crippen molar-refractivity contribution in [2.45, 2.75) is 39.5 Å². The minimum Gasteiger partial charge on any atom is -0.494 e. The number of hydrogen-bond donors (Lipinski definition) is 0. The van der Waals surface area contributed by atoms with Crippen LogP contribution in [0, 0.1) is 17.5 Å². The molecule has 0 spiro atoms. The van der Waals surface area contributed by atoms with Gasteiger partial charge in [-0.05, 0) is 54.2 Å². The molecular weight excluding hydrogens is 469 g/mol. The summed E-state index contributed by atoms with van der Waals surface area (Å²) in [4.78, 5) is 0. The van der Waals surface area contributed by atoms with Crippen molar-refractivity contribution in [2.75, 3.05) is 6.61 Å². The van der Waals surface area contributed by atoms with Crippen LogP contribution in [0.2, 0.25) is 0 Å². The summed E-state index contributed by atoms with van der Waals surface area (Å²) in [6.07, 6.45) is 7.72. The summed E-state index contributed by atoms with van der Waals surface area (Å²) in [6, 6.07) is 22.9. The lowest BCUT2D eigenvalue weighted by Gasteiger charge is -2.08. The number of aryl methyl sites for hydroxylation is 1. The van der Waals surface area contributed by atoms with E-state index in [1.165, 1.54) is 24.5 Å². The molecule has 0 saturated heterocycles. The van der Waals surface area contributed by atoms with Crippen LogP contribution in [0.3, 0.4) is 0 Å². The van der Waals surface area contributed by atoms with Gasteiger partial charge in [-0.15, -0.1) is 0 Å². The molecule has 0 N–H and O–H groups in total. The Morgan fingerprint density at radius 2 is 1.35 bits per heavy atom. The molecule has 0 amide bonds. The van der Waals surface area contributed by atoms with E-state index in [1.807, 2.05) is 43.3 Å². The molecule has 0 fully saturated rings. The van der Waals surface area contributed by atoms with Crippen molar-refractivity contribution in [1.29, 1.82) is 0 Å². The number of hydrogen-bond acceptors (Lipinski definition) is 1. The first kappa shape index (κ1) is 26.3. The Kier molecular flexibility index (Phi) is 8.84. The largest absolute Gasteiger partial charge is 0.494 e. The Hall–Kier alpha value is -3.79. The van der Waals surface area contributed by atoms with E-state index in [1.54, 1.807) is 48.6 Å². The first-order valence-electron chi connectivity index (χ1n) is 12.8. The van der Waals surface area contributed by atoms with Gasteiger partial charge in [0.2, 0.25) is 0 Å². The molecule has 0 heterocycles. The summed E-state index contributed by atoms with van der Waals surface area (Å²) in [5.74, 6) is -1.61. The third-order valence-corrected chi connectivity index (χ3v) is 6.37. The summed E-state index contributed by atoms with van der Waals surface area (Å²) in [7, 11) is 0. The molecule has 4 aromatic carbocycles. The standard InChI is InChI=1S/C33H31F3O/c1-3-5-6-7-23-8-15-26(16-9-23)30-20-18-27(32(35)33(30)36)17-12-24-10-13-25(14-11-24)29-21-19-28(37-4-2)22-31(29)34/h8-22H,3-7H2,1-2H3/b17-12+. The molecule has 0 atom stereocenters. The van der Waals surface area contributed by atoms with E-state index >= 15 is 0 Å².